The first kappa shape index (κ1) is 19.3. The minimum Gasteiger partial charge on any atom is -0.491 e. The number of hydrogen-bond donors (Lipinski definition) is 2. The van der Waals surface area contributed by atoms with Crippen LogP contribution in [0.4, 0.5) is 10.5 Å². The monoisotopic (exact) mass is 377 g/mol. The molecule has 6 heteroatoms. The van der Waals surface area contributed by atoms with Crippen molar-refractivity contribution in [3.05, 3.63) is 59.7 Å². The van der Waals surface area contributed by atoms with Crippen LogP contribution in [0.15, 0.2) is 48.5 Å². The van der Waals surface area contributed by atoms with Crippen molar-refractivity contribution in [3.8, 4) is 17.6 Å². The molecular formula is C22H23N3O3. The van der Waals surface area contributed by atoms with E-state index >= 15 is 0 Å². The van der Waals surface area contributed by atoms with Crippen molar-refractivity contribution in [2.24, 2.45) is 0 Å². The Hall–Kier alpha value is -3.46. The van der Waals surface area contributed by atoms with Crippen molar-refractivity contribution < 1.29 is 14.3 Å². The second kappa shape index (κ2) is 8.96. The van der Waals surface area contributed by atoms with E-state index in [0.717, 1.165) is 17.0 Å². The predicted molar refractivity (Wildman–Crippen MR) is 109 cm³/mol. The van der Waals surface area contributed by atoms with Gasteiger partial charge in [0, 0.05) is 29.9 Å². The molecule has 1 aliphatic heterocycles. The fraction of sp³-hybridized carbons (Fsp3) is 0.273. The molecule has 0 bridgehead atoms. The summed E-state index contributed by atoms with van der Waals surface area (Å²) < 4.78 is 5.56. The topological polar surface area (TPSA) is 70.7 Å². The van der Waals surface area contributed by atoms with Crippen LogP contribution in [0.3, 0.4) is 0 Å². The van der Waals surface area contributed by atoms with Crippen LogP contribution in [-0.2, 0) is 0 Å². The molecule has 0 unspecified atom stereocenters. The lowest BCUT2D eigenvalue weighted by molar-refractivity contribution is 0.0958. The van der Waals surface area contributed by atoms with Gasteiger partial charge < -0.3 is 15.4 Å². The van der Waals surface area contributed by atoms with E-state index < -0.39 is 0 Å². The summed E-state index contributed by atoms with van der Waals surface area (Å²) in [4.78, 5) is 25.5. The summed E-state index contributed by atoms with van der Waals surface area (Å²) in [6, 6.07) is 14.4. The lowest BCUT2D eigenvalue weighted by Crippen LogP contribution is -2.27. The van der Waals surface area contributed by atoms with Gasteiger partial charge in [-0.15, -0.1) is 0 Å². The Balaban J connectivity index is 1.50. The van der Waals surface area contributed by atoms with Gasteiger partial charge in [-0.05, 0) is 62.4 Å². The fourth-order valence-electron chi connectivity index (χ4n) is 2.77. The molecule has 0 aromatic heterocycles. The van der Waals surface area contributed by atoms with Crippen LogP contribution < -0.4 is 20.3 Å². The molecule has 0 saturated carbocycles. The van der Waals surface area contributed by atoms with E-state index in [0.29, 0.717) is 18.7 Å². The van der Waals surface area contributed by atoms with Crippen molar-refractivity contribution >= 4 is 17.6 Å². The summed E-state index contributed by atoms with van der Waals surface area (Å²) >= 11 is 0. The molecule has 2 N–H and O–H groups in total. The van der Waals surface area contributed by atoms with Gasteiger partial charge >= 0.3 is 6.03 Å². The van der Waals surface area contributed by atoms with Crippen molar-refractivity contribution in [1.82, 2.24) is 10.6 Å². The Morgan fingerprint density at radius 1 is 1.18 bits per heavy atom. The molecule has 1 heterocycles. The van der Waals surface area contributed by atoms with Gasteiger partial charge in [-0.2, -0.15) is 0 Å². The van der Waals surface area contributed by atoms with Gasteiger partial charge in [0.2, 0.25) is 0 Å². The van der Waals surface area contributed by atoms with E-state index in [-0.39, 0.29) is 24.6 Å². The highest BCUT2D eigenvalue weighted by atomic mass is 16.5. The minimum absolute atomic E-state index is 0.0784. The normalized spacial score (nSPS) is 13.0. The third kappa shape index (κ3) is 5.04. The molecule has 1 fully saturated rings. The average Bonchev–Trinajstić information content (AvgIpc) is 3.11. The number of benzene rings is 2. The highest BCUT2D eigenvalue weighted by Crippen LogP contribution is 2.17. The maximum Gasteiger partial charge on any atom is 0.321 e. The smallest absolute Gasteiger partial charge is 0.321 e. The van der Waals surface area contributed by atoms with Gasteiger partial charge in [0.05, 0.1) is 12.6 Å². The number of rotatable bonds is 5. The average molecular weight is 377 g/mol. The fourth-order valence-corrected chi connectivity index (χ4v) is 2.77. The van der Waals surface area contributed by atoms with Gasteiger partial charge in [-0.1, -0.05) is 11.8 Å². The maximum absolute atomic E-state index is 12.1. The number of carbonyl (C=O) groups is 2. The van der Waals surface area contributed by atoms with Crippen LogP contribution in [0.5, 0.6) is 5.75 Å². The molecule has 144 valence electrons. The van der Waals surface area contributed by atoms with Crippen LogP contribution in [0.2, 0.25) is 0 Å². The summed E-state index contributed by atoms with van der Waals surface area (Å²) in [5, 5.41) is 5.55. The lowest BCUT2D eigenvalue weighted by atomic mass is 10.2. The highest BCUT2D eigenvalue weighted by Gasteiger charge is 2.20. The molecule has 6 nitrogen and oxygen atoms in total. The van der Waals surface area contributed by atoms with Crippen molar-refractivity contribution in [2.75, 3.05) is 24.5 Å². The molecule has 2 aromatic carbocycles. The molecule has 3 amide bonds. The number of hydrogen-bond acceptors (Lipinski definition) is 3. The Bertz CT molecular complexity index is 893. The SMILES string of the molecule is CC(C)Oc1ccc(C(=O)NCC#Cc2ccc(N3CCNC3=O)cc2)cc1. The molecule has 0 aliphatic carbocycles. The van der Waals surface area contributed by atoms with Gasteiger partial charge in [0.25, 0.3) is 5.91 Å². The first-order valence-corrected chi connectivity index (χ1v) is 9.22. The molecular weight excluding hydrogens is 354 g/mol. The zero-order chi connectivity index (χ0) is 19.9. The zero-order valence-corrected chi connectivity index (χ0v) is 16.0. The summed E-state index contributed by atoms with van der Waals surface area (Å²) in [5.74, 6) is 6.50. The lowest BCUT2D eigenvalue weighted by Gasteiger charge is -2.13. The van der Waals surface area contributed by atoms with Gasteiger partial charge in [0.15, 0.2) is 0 Å². The number of nitrogens with zero attached hydrogens (tertiary/aromatic N) is 1. The highest BCUT2D eigenvalue weighted by molar-refractivity contribution is 5.94. The van der Waals surface area contributed by atoms with Crippen LogP contribution in [0.1, 0.15) is 29.8 Å². The second-order valence-electron chi connectivity index (χ2n) is 6.61. The largest absolute Gasteiger partial charge is 0.491 e. The first-order valence-electron chi connectivity index (χ1n) is 9.22. The molecule has 0 radical (unpaired) electrons. The molecule has 0 atom stereocenters. The summed E-state index contributed by atoms with van der Waals surface area (Å²) in [5.41, 5.74) is 2.23. The van der Waals surface area contributed by atoms with E-state index in [1.54, 1.807) is 29.2 Å². The van der Waals surface area contributed by atoms with E-state index in [1.165, 1.54) is 0 Å². The van der Waals surface area contributed by atoms with Crippen molar-refractivity contribution in [1.29, 1.82) is 0 Å². The Morgan fingerprint density at radius 2 is 1.89 bits per heavy atom. The summed E-state index contributed by atoms with van der Waals surface area (Å²) in [7, 11) is 0. The third-order valence-electron chi connectivity index (χ3n) is 4.09. The number of urea groups is 1. The van der Waals surface area contributed by atoms with E-state index in [4.69, 9.17) is 4.74 Å². The molecule has 0 spiro atoms. The van der Waals surface area contributed by atoms with Crippen molar-refractivity contribution in [2.45, 2.75) is 20.0 Å². The number of anilines is 1. The molecule has 28 heavy (non-hydrogen) atoms. The van der Waals surface area contributed by atoms with Gasteiger partial charge in [-0.25, -0.2) is 4.79 Å². The molecule has 2 aromatic rings. The van der Waals surface area contributed by atoms with Crippen LogP contribution in [0, 0.1) is 11.8 Å². The van der Waals surface area contributed by atoms with Crippen LogP contribution in [-0.4, -0.2) is 37.7 Å². The van der Waals surface area contributed by atoms with Crippen LogP contribution >= 0.6 is 0 Å². The number of ether oxygens (including phenoxy) is 1. The van der Waals surface area contributed by atoms with Gasteiger partial charge in [0.1, 0.15) is 5.75 Å². The number of nitrogens with one attached hydrogen (secondary N) is 2. The van der Waals surface area contributed by atoms with Gasteiger partial charge in [-0.3, -0.25) is 9.69 Å². The number of carbonyl (C=O) groups excluding carboxylic acids is 2. The van der Waals surface area contributed by atoms with E-state index in [9.17, 15) is 9.59 Å². The molecule has 1 aliphatic rings. The zero-order valence-electron chi connectivity index (χ0n) is 16.0. The Kier molecular flexibility index (Phi) is 6.18. The van der Waals surface area contributed by atoms with E-state index in [2.05, 4.69) is 22.5 Å². The summed E-state index contributed by atoms with van der Waals surface area (Å²) in [6.45, 7) is 5.49. The predicted octanol–water partition coefficient (Wildman–Crippen LogP) is 2.78. The molecule has 1 saturated heterocycles. The Morgan fingerprint density at radius 3 is 2.50 bits per heavy atom. The first-order chi connectivity index (χ1) is 13.5. The summed E-state index contributed by atoms with van der Waals surface area (Å²) in [6.07, 6.45) is 0.0940. The Labute approximate surface area is 164 Å². The maximum atomic E-state index is 12.1. The number of amides is 3. The second-order valence-corrected chi connectivity index (χ2v) is 6.61. The minimum atomic E-state index is -0.180. The quantitative estimate of drug-likeness (QED) is 0.787. The van der Waals surface area contributed by atoms with Crippen molar-refractivity contribution in [3.63, 3.8) is 0 Å². The van der Waals surface area contributed by atoms with E-state index in [1.807, 2.05) is 38.1 Å². The standard InChI is InChI=1S/C22H23N3O3/c1-16(2)28-20-11-7-18(8-12-20)21(26)23-13-3-4-17-5-9-19(10-6-17)25-15-14-24-22(25)27/h5-12,16H,13-15H2,1-2H3,(H,23,26)(H,24,27). The third-order valence-corrected chi connectivity index (χ3v) is 4.09. The van der Waals surface area contributed by atoms with Crippen LogP contribution in [0.25, 0.3) is 0 Å². The molecule has 3 rings (SSSR count).